The van der Waals surface area contributed by atoms with Gasteiger partial charge in [-0.2, -0.15) is 0 Å². The summed E-state index contributed by atoms with van der Waals surface area (Å²) in [5.41, 5.74) is -0.317. The number of carbonyl (C=O) groups is 1. The van der Waals surface area contributed by atoms with Crippen molar-refractivity contribution in [3.05, 3.63) is 94.3 Å². The molecule has 0 atom stereocenters. The molecular formula is C24H10ClF5N2O2. The normalized spacial score (nSPS) is 11.4. The number of oxazole rings is 1. The summed E-state index contributed by atoms with van der Waals surface area (Å²) in [7, 11) is 0. The number of carbonyl (C=O) groups excluding carboxylic acids is 1. The summed E-state index contributed by atoms with van der Waals surface area (Å²) >= 11 is 6.25. The number of benzene rings is 4. The van der Waals surface area contributed by atoms with Gasteiger partial charge in [0.15, 0.2) is 28.9 Å². The van der Waals surface area contributed by atoms with Crippen LogP contribution in [0, 0.1) is 29.1 Å². The fourth-order valence-electron chi connectivity index (χ4n) is 3.58. The van der Waals surface area contributed by atoms with Crippen LogP contribution in [0.3, 0.4) is 0 Å². The number of halogens is 6. The van der Waals surface area contributed by atoms with E-state index < -0.39 is 40.6 Å². The van der Waals surface area contributed by atoms with Gasteiger partial charge in [0.05, 0.1) is 0 Å². The fourth-order valence-corrected chi connectivity index (χ4v) is 3.81. The summed E-state index contributed by atoms with van der Waals surface area (Å²) in [5.74, 6) is -12.5. The van der Waals surface area contributed by atoms with E-state index in [4.69, 9.17) is 16.0 Å². The van der Waals surface area contributed by atoms with E-state index in [0.29, 0.717) is 16.2 Å². The number of anilines is 1. The van der Waals surface area contributed by atoms with Crippen molar-refractivity contribution >= 4 is 45.1 Å². The zero-order valence-corrected chi connectivity index (χ0v) is 17.5. The number of aromatic nitrogens is 1. The van der Waals surface area contributed by atoms with Crippen LogP contribution < -0.4 is 5.32 Å². The topological polar surface area (TPSA) is 55.1 Å². The summed E-state index contributed by atoms with van der Waals surface area (Å²) in [4.78, 5) is 16.7. The molecule has 4 aromatic carbocycles. The third kappa shape index (κ3) is 3.45. The summed E-state index contributed by atoms with van der Waals surface area (Å²) in [6, 6.07) is 14.9. The SMILES string of the molecule is O=C(Nc1ccc2oc(-c3cccc4c(Cl)cccc34)nc2c1)c1c(F)c(F)c(F)c(F)c1F. The smallest absolute Gasteiger partial charge is 0.261 e. The highest BCUT2D eigenvalue weighted by Crippen LogP contribution is 2.34. The van der Waals surface area contributed by atoms with Gasteiger partial charge in [0.2, 0.25) is 11.7 Å². The molecule has 4 nitrogen and oxygen atoms in total. The van der Waals surface area contributed by atoms with E-state index in [1.807, 2.05) is 12.1 Å². The van der Waals surface area contributed by atoms with Gasteiger partial charge in [0.1, 0.15) is 11.1 Å². The third-order valence-corrected chi connectivity index (χ3v) is 5.51. The summed E-state index contributed by atoms with van der Waals surface area (Å²) < 4.78 is 73.8. The lowest BCUT2D eigenvalue weighted by Crippen LogP contribution is -2.19. The zero-order valence-electron chi connectivity index (χ0n) is 16.7. The highest BCUT2D eigenvalue weighted by atomic mass is 35.5. The molecule has 0 fully saturated rings. The first kappa shape index (κ1) is 21.8. The number of hydrogen-bond acceptors (Lipinski definition) is 3. The molecule has 0 aliphatic heterocycles. The van der Waals surface area contributed by atoms with E-state index in [-0.39, 0.29) is 17.1 Å². The number of fused-ring (bicyclic) bond motifs is 2. The van der Waals surface area contributed by atoms with Gasteiger partial charge in [0, 0.05) is 21.7 Å². The first-order valence-electron chi connectivity index (χ1n) is 9.67. The van der Waals surface area contributed by atoms with Crippen LogP contribution in [-0.2, 0) is 0 Å². The third-order valence-electron chi connectivity index (χ3n) is 5.18. The average molecular weight is 489 g/mol. The minimum absolute atomic E-state index is 0.00209. The predicted molar refractivity (Wildman–Crippen MR) is 116 cm³/mol. The van der Waals surface area contributed by atoms with Gasteiger partial charge in [-0.15, -0.1) is 0 Å². The monoisotopic (exact) mass is 488 g/mol. The average Bonchev–Trinajstić information content (AvgIpc) is 3.25. The summed E-state index contributed by atoms with van der Waals surface area (Å²) in [6.07, 6.45) is 0. The lowest BCUT2D eigenvalue weighted by atomic mass is 10.0. The second kappa shape index (κ2) is 8.11. The van der Waals surface area contributed by atoms with Crippen molar-refractivity contribution in [1.82, 2.24) is 4.98 Å². The molecule has 0 aliphatic carbocycles. The van der Waals surface area contributed by atoms with Gasteiger partial charge in [-0.05, 0) is 35.7 Å². The van der Waals surface area contributed by atoms with Gasteiger partial charge >= 0.3 is 0 Å². The van der Waals surface area contributed by atoms with Gasteiger partial charge in [0.25, 0.3) is 5.91 Å². The second-order valence-electron chi connectivity index (χ2n) is 7.24. The molecule has 1 N–H and O–H groups in total. The molecule has 1 amide bonds. The maximum absolute atomic E-state index is 13.9. The molecular weight excluding hydrogens is 479 g/mol. The van der Waals surface area contributed by atoms with Crippen molar-refractivity contribution in [3.8, 4) is 11.5 Å². The standard InChI is InChI=1S/C24H10ClF5N2O2/c25-14-6-2-3-11-12(14)4-1-5-13(11)24-32-15-9-10(7-8-16(15)34-24)31-23(33)17-18(26)20(28)22(30)21(29)19(17)27/h1-9H,(H,31,33). The maximum atomic E-state index is 13.9. The highest BCUT2D eigenvalue weighted by molar-refractivity contribution is 6.35. The van der Waals surface area contributed by atoms with Crippen LogP contribution in [0.1, 0.15) is 10.4 Å². The van der Waals surface area contributed by atoms with Crippen molar-refractivity contribution in [1.29, 1.82) is 0 Å². The van der Waals surface area contributed by atoms with Crippen LogP contribution >= 0.6 is 11.6 Å². The van der Waals surface area contributed by atoms with Gasteiger partial charge in [-0.25, -0.2) is 26.9 Å². The fraction of sp³-hybridized carbons (Fsp3) is 0. The van der Waals surface area contributed by atoms with E-state index >= 15 is 0 Å². The summed E-state index contributed by atoms with van der Waals surface area (Å²) in [6.45, 7) is 0. The molecule has 0 saturated heterocycles. The molecule has 0 unspecified atom stereocenters. The first-order valence-corrected chi connectivity index (χ1v) is 10.0. The first-order chi connectivity index (χ1) is 16.3. The quantitative estimate of drug-likeness (QED) is 0.165. The Morgan fingerprint density at radius 3 is 2.21 bits per heavy atom. The molecule has 0 spiro atoms. The van der Waals surface area contributed by atoms with Crippen LogP contribution in [0.2, 0.25) is 5.02 Å². The number of amides is 1. The van der Waals surface area contributed by atoms with Gasteiger partial charge in [-0.3, -0.25) is 4.79 Å². The maximum Gasteiger partial charge on any atom is 0.261 e. The molecule has 0 bridgehead atoms. The lowest BCUT2D eigenvalue weighted by Gasteiger charge is -2.09. The molecule has 170 valence electrons. The predicted octanol–water partition coefficient (Wildman–Crippen LogP) is 7.25. The molecule has 5 rings (SSSR count). The summed E-state index contributed by atoms with van der Waals surface area (Å²) in [5, 5.41) is 4.25. The number of nitrogens with zero attached hydrogens (tertiary/aromatic N) is 1. The Hall–Kier alpha value is -3.98. The minimum Gasteiger partial charge on any atom is -0.436 e. The Morgan fingerprint density at radius 2 is 1.47 bits per heavy atom. The molecule has 34 heavy (non-hydrogen) atoms. The van der Waals surface area contributed by atoms with Crippen LogP contribution in [0.25, 0.3) is 33.3 Å². The lowest BCUT2D eigenvalue weighted by molar-refractivity contribution is 0.101. The number of hydrogen-bond donors (Lipinski definition) is 1. The Labute approximate surface area is 192 Å². The Balaban J connectivity index is 1.52. The van der Waals surface area contributed by atoms with Crippen LogP contribution in [0.4, 0.5) is 27.6 Å². The van der Waals surface area contributed by atoms with Crippen molar-refractivity contribution in [3.63, 3.8) is 0 Å². The van der Waals surface area contributed by atoms with Crippen LogP contribution in [0.5, 0.6) is 0 Å². The van der Waals surface area contributed by atoms with Gasteiger partial charge in [-0.1, -0.05) is 35.9 Å². The molecule has 0 radical (unpaired) electrons. The van der Waals surface area contributed by atoms with E-state index in [2.05, 4.69) is 10.3 Å². The molecule has 1 aromatic heterocycles. The molecule has 0 saturated carbocycles. The van der Waals surface area contributed by atoms with Crippen molar-refractivity contribution < 1.29 is 31.2 Å². The largest absolute Gasteiger partial charge is 0.436 e. The molecule has 10 heteroatoms. The van der Waals surface area contributed by atoms with Crippen molar-refractivity contribution in [2.24, 2.45) is 0 Å². The molecule has 1 heterocycles. The molecule has 5 aromatic rings. The van der Waals surface area contributed by atoms with E-state index in [9.17, 15) is 26.7 Å². The Morgan fingerprint density at radius 1 is 0.824 bits per heavy atom. The van der Waals surface area contributed by atoms with E-state index in [1.165, 1.54) is 18.2 Å². The van der Waals surface area contributed by atoms with Crippen LogP contribution in [-0.4, -0.2) is 10.9 Å². The van der Waals surface area contributed by atoms with E-state index in [0.717, 1.165) is 10.8 Å². The Kier molecular flexibility index (Phi) is 5.21. The van der Waals surface area contributed by atoms with Gasteiger partial charge < -0.3 is 9.73 Å². The molecule has 0 aliphatic rings. The van der Waals surface area contributed by atoms with E-state index in [1.54, 1.807) is 24.3 Å². The Bertz CT molecular complexity index is 1600. The number of rotatable bonds is 3. The highest BCUT2D eigenvalue weighted by Gasteiger charge is 2.29. The second-order valence-corrected chi connectivity index (χ2v) is 7.65. The minimum atomic E-state index is -2.35. The van der Waals surface area contributed by atoms with Crippen molar-refractivity contribution in [2.45, 2.75) is 0 Å². The van der Waals surface area contributed by atoms with Crippen molar-refractivity contribution in [2.75, 3.05) is 5.32 Å². The number of nitrogens with one attached hydrogen (secondary N) is 1. The van der Waals surface area contributed by atoms with Crippen LogP contribution in [0.15, 0.2) is 59.0 Å². The zero-order chi connectivity index (χ0) is 24.1.